The predicted molar refractivity (Wildman–Crippen MR) is 72.5 cm³/mol. The Balaban J connectivity index is 2.29. The van der Waals surface area contributed by atoms with E-state index in [4.69, 9.17) is 6.42 Å². The lowest BCUT2D eigenvalue weighted by atomic mass is 10.3. The summed E-state index contributed by atoms with van der Waals surface area (Å²) in [5.41, 5.74) is 0.692. The van der Waals surface area contributed by atoms with Crippen LogP contribution in [0, 0.1) is 12.5 Å². The van der Waals surface area contributed by atoms with Crippen LogP contribution in [0.1, 0.15) is 10.5 Å². The number of thiazole rings is 1. The summed E-state index contributed by atoms with van der Waals surface area (Å²) in [4.78, 5) is 23.0. The second-order valence-electron chi connectivity index (χ2n) is 3.66. The maximum atomic E-state index is 11.5. The summed E-state index contributed by atoms with van der Waals surface area (Å²) in [7, 11) is -3.44. The van der Waals surface area contributed by atoms with Gasteiger partial charge < -0.3 is 0 Å². The van der Waals surface area contributed by atoms with Crippen LogP contribution in [0.5, 0.6) is 0 Å². The average Bonchev–Trinajstić information content (AvgIpc) is 2.88. The number of carbonyl (C=O) groups is 1. The number of amides is 1. The van der Waals surface area contributed by atoms with Crippen molar-refractivity contribution in [1.82, 2.24) is 20.3 Å². The van der Waals surface area contributed by atoms with Gasteiger partial charge in [0.15, 0.2) is 0 Å². The third-order valence-corrected chi connectivity index (χ3v) is 3.89. The van der Waals surface area contributed by atoms with Crippen LogP contribution in [0.25, 0.3) is 10.6 Å². The van der Waals surface area contributed by atoms with Crippen molar-refractivity contribution in [2.24, 2.45) is 0 Å². The molecular formula is C11H8N4O3S2. The van der Waals surface area contributed by atoms with Crippen molar-refractivity contribution in [3.63, 3.8) is 0 Å². The van der Waals surface area contributed by atoms with Crippen LogP contribution in [0.2, 0.25) is 0 Å². The Hall–Kier alpha value is -2.31. The zero-order valence-corrected chi connectivity index (χ0v) is 11.8. The van der Waals surface area contributed by atoms with Crippen LogP contribution in [0.3, 0.4) is 0 Å². The van der Waals surface area contributed by atoms with E-state index in [1.165, 1.54) is 29.1 Å². The van der Waals surface area contributed by atoms with Crippen molar-refractivity contribution in [2.75, 3.05) is 6.26 Å². The van der Waals surface area contributed by atoms with Crippen LogP contribution >= 0.6 is 11.3 Å². The Kier molecular flexibility index (Phi) is 3.78. The van der Waals surface area contributed by atoms with E-state index in [2.05, 4.69) is 20.3 Å². The molecule has 20 heavy (non-hydrogen) atoms. The molecule has 0 saturated carbocycles. The molecule has 7 nitrogen and oxygen atoms in total. The molecule has 2 aromatic heterocycles. The molecule has 1 amide bonds. The van der Waals surface area contributed by atoms with E-state index in [1.807, 2.05) is 6.04 Å². The molecule has 9 heteroatoms. The minimum Gasteiger partial charge on any atom is -0.280 e. The maximum Gasteiger partial charge on any atom is 0.282 e. The van der Waals surface area contributed by atoms with Gasteiger partial charge in [-0.25, -0.2) is 23.4 Å². The Morgan fingerprint density at radius 2 is 2.05 bits per heavy atom. The lowest BCUT2D eigenvalue weighted by Gasteiger charge is -1.98. The topological polar surface area (TPSA) is 102 Å². The molecule has 0 spiro atoms. The highest BCUT2D eigenvalue weighted by atomic mass is 32.2. The summed E-state index contributed by atoms with van der Waals surface area (Å²) in [5, 5.41) is 3.94. The van der Waals surface area contributed by atoms with Crippen LogP contribution in [-0.4, -0.2) is 35.5 Å². The third-order valence-electron chi connectivity index (χ3n) is 2.13. The maximum absolute atomic E-state index is 11.5. The first kappa shape index (κ1) is 14.1. The largest absolute Gasteiger partial charge is 0.282 e. The summed E-state index contributed by atoms with van der Waals surface area (Å²) >= 11 is 1.20. The van der Waals surface area contributed by atoms with Crippen molar-refractivity contribution < 1.29 is 13.2 Å². The second-order valence-corrected chi connectivity index (χ2v) is 6.43. The first-order valence-corrected chi connectivity index (χ1v) is 7.93. The molecule has 0 fully saturated rings. The molecule has 0 atom stereocenters. The van der Waals surface area contributed by atoms with Crippen molar-refractivity contribution in [3.05, 3.63) is 23.5 Å². The summed E-state index contributed by atoms with van der Waals surface area (Å²) in [6.07, 6.45) is 8.66. The zero-order valence-electron chi connectivity index (χ0n) is 10.2. The van der Waals surface area contributed by atoms with Gasteiger partial charge >= 0.3 is 0 Å². The number of rotatable bonds is 3. The number of aromatic nitrogens is 3. The molecule has 2 rings (SSSR count). The first-order valence-electron chi connectivity index (χ1n) is 5.16. The fourth-order valence-corrected chi connectivity index (χ4v) is 2.52. The fourth-order valence-electron chi connectivity index (χ4n) is 1.26. The van der Waals surface area contributed by atoms with Crippen molar-refractivity contribution in [2.45, 2.75) is 5.16 Å². The molecule has 2 heterocycles. The normalized spacial score (nSPS) is 10.8. The van der Waals surface area contributed by atoms with Gasteiger partial charge in [-0.15, -0.1) is 11.3 Å². The lowest BCUT2D eigenvalue weighted by molar-refractivity contribution is 0.0969. The molecule has 0 radical (unpaired) electrons. The van der Waals surface area contributed by atoms with Crippen LogP contribution in [-0.2, 0) is 9.84 Å². The smallest absolute Gasteiger partial charge is 0.280 e. The van der Waals surface area contributed by atoms with E-state index in [1.54, 1.807) is 0 Å². The predicted octanol–water partition coefficient (Wildman–Crippen LogP) is 0.324. The Bertz CT molecular complexity index is 788. The summed E-state index contributed by atoms with van der Waals surface area (Å²) < 4.78 is 22.5. The third kappa shape index (κ3) is 2.98. The van der Waals surface area contributed by atoms with Gasteiger partial charge in [0, 0.05) is 35.6 Å². The Morgan fingerprint density at radius 3 is 2.60 bits per heavy atom. The molecule has 1 N–H and O–H groups in total. The fraction of sp³-hybridized carbons (Fsp3) is 0.0909. The zero-order chi connectivity index (χ0) is 14.8. The van der Waals surface area contributed by atoms with Crippen molar-refractivity contribution in [1.29, 1.82) is 0 Å². The van der Waals surface area contributed by atoms with Crippen LogP contribution < -0.4 is 5.32 Å². The van der Waals surface area contributed by atoms with E-state index < -0.39 is 15.7 Å². The molecule has 0 aliphatic rings. The van der Waals surface area contributed by atoms with Gasteiger partial charge in [-0.05, 0) is 0 Å². The van der Waals surface area contributed by atoms with E-state index in [0.717, 1.165) is 6.26 Å². The van der Waals surface area contributed by atoms with E-state index in [0.29, 0.717) is 10.6 Å². The standard InChI is InChI=1S/C11H8N4O3S2/c1-3-12-9(16)8-6-19-10(15-8)7-4-13-11(14-5-7)20(2,17)18/h1,4-6H,2H3,(H,12,16). The Labute approximate surface area is 119 Å². The van der Waals surface area contributed by atoms with Gasteiger partial charge in [-0.1, -0.05) is 6.42 Å². The molecule has 0 aliphatic heterocycles. The quantitative estimate of drug-likeness (QED) is 0.498. The van der Waals surface area contributed by atoms with Crippen LogP contribution in [0.15, 0.2) is 22.9 Å². The number of hydrogen-bond acceptors (Lipinski definition) is 7. The Morgan fingerprint density at radius 1 is 1.40 bits per heavy atom. The van der Waals surface area contributed by atoms with Gasteiger partial charge in [0.05, 0.1) is 0 Å². The van der Waals surface area contributed by atoms with Crippen molar-refractivity contribution >= 4 is 27.1 Å². The van der Waals surface area contributed by atoms with E-state index in [9.17, 15) is 13.2 Å². The highest BCUT2D eigenvalue weighted by Crippen LogP contribution is 2.22. The van der Waals surface area contributed by atoms with Gasteiger partial charge in [0.1, 0.15) is 10.7 Å². The molecule has 102 valence electrons. The molecule has 0 bridgehead atoms. The number of nitrogens with zero attached hydrogens (tertiary/aromatic N) is 3. The number of hydrogen-bond donors (Lipinski definition) is 1. The monoisotopic (exact) mass is 308 g/mol. The number of nitrogens with one attached hydrogen (secondary N) is 1. The minimum atomic E-state index is -3.44. The molecule has 0 aromatic carbocycles. The van der Waals surface area contributed by atoms with Gasteiger partial charge in [0.2, 0.25) is 15.0 Å². The summed E-state index contributed by atoms with van der Waals surface area (Å²) in [5.74, 6) is -0.483. The molecular weight excluding hydrogens is 300 g/mol. The SMILES string of the molecule is C#CNC(=O)c1csc(-c2cnc(S(C)(=O)=O)nc2)n1. The van der Waals surface area contributed by atoms with Gasteiger partial charge in [-0.3, -0.25) is 10.1 Å². The van der Waals surface area contributed by atoms with Gasteiger partial charge in [0.25, 0.3) is 5.91 Å². The van der Waals surface area contributed by atoms with Crippen LogP contribution in [0.4, 0.5) is 0 Å². The number of terminal acetylenes is 1. The first-order chi connectivity index (χ1) is 9.41. The van der Waals surface area contributed by atoms with E-state index in [-0.39, 0.29) is 10.9 Å². The highest BCUT2D eigenvalue weighted by molar-refractivity contribution is 7.90. The van der Waals surface area contributed by atoms with E-state index >= 15 is 0 Å². The van der Waals surface area contributed by atoms with Crippen molar-refractivity contribution in [3.8, 4) is 23.0 Å². The molecule has 0 unspecified atom stereocenters. The lowest BCUT2D eigenvalue weighted by Crippen LogP contribution is -2.17. The number of sulfone groups is 1. The summed E-state index contributed by atoms with van der Waals surface area (Å²) in [6.45, 7) is 0. The molecule has 0 aliphatic carbocycles. The molecule has 2 aromatic rings. The number of carbonyl (C=O) groups excluding carboxylic acids is 1. The average molecular weight is 308 g/mol. The molecule has 0 saturated heterocycles. The van der Waals surface area contributed by atoms with Gasteiger partial charge in [-0.2, -0.15) is 0 Å². The highest BCUT2D eigenvalue weighted by Gasteiger charge is 2.14. The second kappa shape index (κ2) is 5.36. The summed E-state index contributed by atoms with van der Waals surface area (Å²) in [6, 6.07) is 2.01. The minimum absolute atomic E-state index is 0.176.